The Morgan fingerprint density at radius 1 is 1.25 bits per heavy atom. The normalized spacial score (nSPS) is 11.1. The maximum Gasteiger partial charge on any atom is 0.262 e. The quantitative estimate of drug-likeness (QED) is 0.486. The highest BCUT2D eigenvalue weighted by molar-refractivity contribution is 7.22. The highest BCUT2D eigenvalue weighted by atomic mass is 35.5. The Morgan fingerprint density at radius 3 is 2.71 bits per heavy atom. The molecular weight excluding hydrogens is 399 g/mol. The standard InChI is InChI=1S/C20H16ClFN4OS/c1-3-12-4-9-15-16(10-12)28-20(23-15)24-19(27)17-11(2)25-26(18(17)21)14-7-5-13(22)6-8-14/h4-10H,3H2,1-2H3,(H,23,24,27). The van der Waals surface area contributed by atoms with Gasteiger partial charge < -0.3 is 0 Å². The van der Waals surface area contributed by atoms with Crippen molar-refractivity contribution in [2.24, 2.45) is 0 Å². The lowest BCUT2D eigenvalue weighted by Gasteiger charge is -2.04. The molecule has 0 aliphatic carbocycles. The second kappa shape index (κ2) is 7.33. The zero-order chi connectivity index (χ0) is 19.8. The summed E-state index contributed by atoms with van der Waals surface area (Å²) >= 11 is 7.82. The molecule has 0 atom stereocenters. The van der Waals surface area contributed by atoms with E-state index >= 15 is 0 Å². The number of hydrogen-bond acceptors (Lipinski definition) is 4. The van der Waals surface area contributed by atoms with Gasteiger partial charge in [-0.2, -0.15) is 5.10 Å². The van der Waals surface area contributed by atoms with E-state index in [0.29, 0.717) is 16.5 Å². The van der Waals surface area contributed by atoms with Gasteiger partial charge in [0.05, 0.1) is 21.6 Å². The third kappa shape index (κ3) is 3.39. The smallest absolute Gasteiger partial charge is 0.262 e. The van der Waals surface area contributed by atoms with Crippen LogP contribution in [-0.4, -0.2) is 20.7 Å². The van der Waals surface area contributed by atoms with Crippen LogP contribution in [0.5, 0.6) is 0 Å². The monoisotopic (exact) mass is 414 g/mol. The predicted octanol–water partition coefficient (Wildman–Crippen LogP) is 5.40. The molecule has 0 fully saturated rings. The minimum Gasteiger partial charge on any atom is -0.298 e. The van der Waals surface area contributed by atoms with Crippen LogP contribution in [0.15, 0.2) is 42.5 Å². The molecule has 5 nitrogen and oxygen atoms in total. The summed E-state index contributed by atoms with van der Waals surface area (Å²) in [5.41, 5.74) is 3.36. The van der Waals surface area contributed by atoms with Crippen molar-refractivity contribution in [3.8, 4) is 5.69 Å². The number of amides is 1. The van der Waals surface area contributed by atoms with E-state index in [9.17, 15) is 9.18 Å². The van der Waals surface area contributed by atoms with Gasteiger partial charge in [-0.1, -0.05) is 35.9 Å². The van der Waals surface area contributed by atoms with E-state index in [2.05, 4.69) is 28.4 Å². The van der Waals surface area contributed by atoms with E-state index < -0.39 is 0 Å². The van der Waals surface area contributed by atoms with Crippen molar-refractivity contribution in [2.45, 2.75) is 20.3 Å². The number of halogens is 2. The van der Waals surface area contributed by atoms with E-state index in [1.807, 2.05) is 12.1 Å². The molecule has 142 valence electrons. The number of nitrogens with one attached hydrogen (secondary N) is 1. The molecule has 0 aliphatic heterocycles. The number of carbonyl (C=O) groups excluding carboxylic acids is 1. The van der Waals surface area contributed by atoms with Crippen molar-refractivity contribution >= 4 is 44.2 Å². The molecule has 0 unspecified atom stereocenters. The Kier molecular flexibility index (Phi) is 4.87. The lowest BCUT2D eigenvalue weighted by molar-refractivity contribution is 0.102. The molecular formula is C20H16ClFN4OS. The fraction of sp³-hybridized carbons (Fsp3) is 0.150. The van der Waals surface area contributed by atoms with E-state index in [-0.39, 0.29) is 22.4 Å². The summed E-state index contributed by atoms with van der Waals surface area (Å²) in [6, 6.07) is 11.8. The van der Waals surface area contributed by atoms with Gasteiger partial charge in [-0.3, -0.25) is 10.1 Å². The molecule has 28 heavy (non-hydrogen) atoms. The number of fused-ring (bicyclic) bond motifs is 1. The summed E-state index contributed by atoms with van der Waals surface area (Å²) in [6.45, 7) is 3.79. The average molecular weight is 415 g/mol. The number of benzene rings is 2. The van der Waals surface area contributed by atoms with Crippen LogP contribution in [0.3, 0.4) is 0 Å². The van der Waals surface area contributed by atoms with Gasteiger partial charge in [0.15, 0.2) is 5.13 Å². The molecule has 0 aliphatic rings. The SMILES string of the molecule is CCc1ccc2nc(NC(=O)c3c(C)nn(-c4ccc(F)cc4)c3Cl)sc2c1. The summed E-state index contributed by atoms with van der Waals surface area (Å²) in [5, 5.41) is 7.80. The summed E-state index contributed by atoms with van der Waals surface area (Å²) in [5.74, 6) is -0.741. The van der Waals surface area contributed by atoms with Crippen molar-refractivity contribution in [1.29, 1.82) is 0 Å². The number of hydrogen-bond donors (Lipinski definition) is 1. The molecule has 2 aromatic carbocycles. The highest BCUT2D eigenvalue weighted by Gasteiger charge is 2.22. The van der Waals surface area contributed by atoms with Crippen LogP contribution in [0, 0.1) is 12.7 Å². The first kappa shape index (κ1) is 18.6. The minimum atomic E-state index is -0.384. The number of rotatable bonds is 4. The van der Waals surface area contributed by atoms with Crippen LogP contribution in [0.2, 0.25) is 5.15 Å². The van der Waals surface area contributed by atoms with Crippen molar-refractivity contribution in [3.63, 3.8) is 0 Å². The fourth-order valence-electron chi connectivity index (χ4n) is 2.91. The van der Waals surface area contributed by atoms with Crippen molar-refractivity contribution in [3.05, 3.63) is 70.3 Å². The van der Waals surface area contributed by atoms with E-state index in [0.717, 1.165) is 16.6 Å². The topological polar surface area (TPSA) is 59.8 Å². The van der Waals surface area contributed by atoms with Gasteiger partial charge in [0.25, 0.3) is 5.91 Å². The Hall–Kier alpha value is -2.77. The van der Waals surface area contributed by atoms with Crippen molar-refractivity contribution in [2.75, 3.05) is 5.32 Å². The number of nitrogens with zero attached hydrogens (tertiary/aromatic N) is 3. The molecule has 0 bridgehead atoms. The fourth-order valence-corrected chi connectivity index (χ4v) is 4.20. The Bertz CT molecular complexity index is 1180. The first-order valence-corrected chi connectivity index (χ1v) is 9.87. The molecule has 1 amide bonds. The van der Waals surface area contributed by atoms with Crippen LogP contribution >= 0.6 is 22.9 Å². The molecule has 2 aromatic heterocycles. The molecule has 1 N–H and O–H groups in total. The first-order chi connectivity index (χ1) is 13.5. The Morgan fingerprint density at radius 2 is 2.00 bits per heavy atom. The van der Waals surface area contributed by atoms with Gasteiger partial charge in [0.2, 0.25) is 0 Å². The Balaban J connectivity index is 1.64. The number of aromatic nitrogens is 3. The van der Waals surface area contributed by atoms with Gasteiger partial charge in [-0.15, -0.1) is 0 Å². The van der Waals surface area contributed by atoms with Gasteiger partial charge in [-0.05, 0) is 55.3 Å². The average Bonchev–Trinajstić information content (AvgIpc) is 3.21. The second-order valence-corrected chi connectivity index (χ2v) is 7.66. The van der Waals surface area contributed by atoms with E-state index in [1.165, 1.54) is 33.7 Å². The lowest BCUT2D eigenvalue weighted by Crippen LogP contribution is -2.12. The largest absolute Gasteiger partial charge is 0.298 e. The molecule has 0 radical (unpaired) electrons. The summed E-state index contributed by atoms with van der Waals surface area (Å²) in [6.07, 6.45) is 0.937. The number of aryl methyl sites for hydroxylation is 2. The van der Waals surface area contributed by atoms with Crippen LogP contribution < -0.4 is 5.32 Å². The molecule has 2 heterocycles. The number of carbonyl (C=O) groups is 1. The maximum absolute atomic E-state index is 13.2. The highest BCUT2D eigenvalue weighted by Crippen LogP contribution is 2.29. The number of anilines is 1. The van der Waals surface area contributed by atoms with Crippen LogP contribution in [0.25, 0.3) is 15.9 Å². The third-order valence-electron chi connectivity index (χ3n) is 4.38. The molecule has 0 saturated heterocycles. The van der Waals surface area contributed by atoms with Crippen molar-refractivity contribution < 1.29 is 9.18 Å². The Labute approximate surface area is 169 Å². The van der Waals surface area contributed by atoms with E-state index in [4.69, 9.17) is 11.6 Å². The molecule has 4 rings (SSSR count). The maximum atomic E-state index is 13.2. The second-order valence-electron chi connectivity index (χ2n) is 6.27. The molecule has 0 saturated carbocycles. The molecule has 8 heteroatoms. The molecule has 0 spiro atoms. The van der Waals surface area contributed by atoms with Gasteiger partial charge in [0, 0.05) is 0 Å². The first-order valence-electron chi connectivity index (χ1n) is 8.68. The zero-order valence-electron chi connectivity index (χ0n) is 15.2. The zero-order valence-corrected chi connectivity index (χ0v) is 16.7. The summed E-state index contributed by atoms with van der Waals surface area (Å²) in [4.78, 5) is 17.3. The van der Waals surface area contributed by atoms with Crippen molar-refractivity contribution in [1.82, 2.24) is 14.8 Å². The summed E-state index contributed by atoms with van der Waals surface area (Å²) < 4.78 is 15.6. The lowest BCUT2D eigenvalue weighted by atomic mass is 10.2. The van der Waals surface area contributed by atoms with Gasteiger partial charge in [0.1, 0.15) is 16.5 Å². The van der Waals surface area contributed by atoms with Gasteiger partial charge >= 0.3 is 0 Å². The van der Waals surface area contributed by atoms with E-state index in [1.54, 1.807) is 19.1 Å². The molecule has 4 aromatic rings. The third-order valence-corrected chi connectivity index (χ3v) is 5.67. The minimum absolute atomic E-state index is 0.163. The predicted molar refractivity (Wildman–Crippen MR) is 110 cm³/mol. The summed E-state index contributed by atoms with van der Waals surface area (Å²) in [7, 11) is 0. The van der Waals surface area contributed by atoms with Crippen LogP contribution in [0.1, 0.15) is 28.5 Å². The van der Waals surface area contributed by atoms with Gasteiger partial charge in [-0.25, -0.2) is 14.1 Å². The number of thiazole rings is 1. The van der Waals surface area contributed by atoms with Crippen LogP contribution in [0.4, 0.5) is 9.52 Å². The van der Waals surface area contributed by atoms with Crippen LogP contribution in [-0.2, 0) is 6.42 Å².